The van der Waals surface area contributed by atoms with E-state index < -0.39 is 17.5 Å². The first-order valence-electron chi connectivity index (χ1n) is 7.68. The lowest BCUT2D eigenvalue weighted by atomic mass is 9.91. The zero-order valence-electron chi connectivity index (χ0n) is 13.9. The van der Waals surface area contributed by atoms with Crippen molar-refractivity contribution in [2.45, 2.75) is 12.0 Å². The van der Waals surface area contributed by atoms with Crippen LogP contribution in [0.15, 0.2) is 0 Å². The molecule has 4 N–H and O–H groups in total. The van der Waals surface area contributed by atoms with Gasteiger partial charge in [-0.05, 0) is 20.0 Å². The fourth-order valence-corrected chi connectivity index (χ4v) is 3.13. The van der Waals surface area contributed by atoms with Gasteiger partial charge < -0.3 is 20.7 Å². The topological polar surface area (TPSA) is 137 Å². The largest absolute Gasteiger partial charge is 0.480 e. The average molecular weight is 346 g/mol. The Bertz CT molecular complexity index is 449. The fraction of sp³-hybridized carbons (Fsp3) is 0.786. The van der Waals surface area contributed by atoms with E-state index in [9.17, 15) is 14.4 Å². The maximum absolute atomic E-state index is 11.1. The highest BCUT2D eigenvalue weighted by molar-refractivity contribution is 5.69. The van der Waals surface area contributed by atoms with E-state index in [1.54, 1.807) is 16.8 Å². The molecule has 1 aliphatic rings. The molecule has 0 aromatic heterocycles. The summed E-state index contributed by atoms with van der Waals surface area (Å²) in [4.78, 5) is 38.0. The van der Waals surface area contributed by atoms with E-state index in [1.807, 2.05) is 4.90 Å². The molecule has 1 fully saturated rings. The lowest BCUT2D eigenvalue weighted by Crippen LogP contribution is -2.60. The molecule has 24 heavy (non-hydrogen) atoms. The van der Waals surface area contributed by atoms with Gasteiger partial charge >= 0.3 is 11.9 Å². The highest BCUT2D eigenvalue weighted by Gasteiger charge is 2.40. The summed E-state index contributed by atoms with van der Waals surface area (Å²) in [6.45, 7) is 2.20. The monoisotopic (exact) mass is 346 g/mol. The first kappa shape index (κ1) is 20.3. The molecule has 0 bridgehead atoms. The summed E-state index contributed by atoms with van der Waals surface area (Å²) in [5.74, 6) is -1.92. The number of hydrogen-bond acceptors (Lipinski definition) is 8. The van der Waals surface area contributed by atoms with Crippen LogP contribution in [0.5, 0.6) is 0 Å². The van der Waals surface area contributed by atoms with Crippen LogP contribution in [0.25, 0.3) is 0 Å². The first-order chi connectivity index (χ1) is 11.3. The molecule has 0 aliphatic carbocycles. The summed E-state index contributed by atoms with van der Waals surface area (Å²) >= 11 is 0. The quantitative estimate of drug-likeness (QED) is 0.378. The molecule has 10 nitrogen and oxygen atoms in total. The van der Waals surface area contributed by atoms with Crippen LogP contribution in [0.3, 0.4) is 0 Å². The predicted octanol–water partition coefficient (Wildman–Crippen LogP) is -2.08. The van der Waals surface area contributed by atoms with Crippen LogP contribution < -0.4 is 5.73 Å². The Hall–Kier alpha value is -1.75. The number of carboxylic acid groups (broad SMARTS) is 2. The normalized spacial score (nSPS) is 23.0. The minimum absolute atomic E-state index is 0.0671. The molecule has 0 aromatic carbocycles. The third kappa shape index (κ3) is 6.04. The summed E-state index contributed by atoms with van der Waals surface area (Å²) in [6.07, 6.45) is 0.491. The SMILES string of the molecule is CN(CC(=O)O)C1(CCN)CN(COC=O)CCN(CC(=O)O)C1. The molecular weight excluding hydrogens is 320 g/mol. The van der Waals surface area contributed by atoms with Crippen molar-refractivity contribution in [2.75, 3.05) is 59.6 Å². The lowest BCUT2D eigenvalue weighted by Gasteiger charge is -2.44. The number of carbonyl (C=O) groups is 3. The van der Waals surface area contributed by atoms with Crippen molar-refractivity contribution in [1.29, 1.82) is 0 Å². The smallest absolute Gasteiger partial charge is 0.317 e. The molecule has 1 heterocycles. The molecule has 0 radical (unpaired) electrons. The van der Waals surface area contributed by atoms with E-state index in [4.69, 9.17) is 20.7 Å². The fourth-order valence-electron chi connectivity index (χ4n) is 3.13. The molecule has 1 aliphatic heterocycles. The Morgan fingerprint density at radius 1 is 1.25 bits per heavy atom. The molecule has 0 amide bonds. The van der Waals surface area contributed by atoms with Gasteiger partial charge in [0.2, 0.25) is 0 Å². The molecule has 138 valence electrons. The molecule has 0 saturated carbocycles. The Morgan fingerprint density at radius 2 is 1.88 bits per heavy atom. The minimum atomic E-state index is -0.974. The van der Waals surface area contributed by atoms with E-state index in [0.717, 1.165) is 0 Å². The third-order valence-corrected chi connectivity index (χ3v) is 4.24. The number of carboxylic acids is 2. The Morgan fingerprint density at radius 3 is 2.42 bits per heavy atom. The van der Waals surface area contributed by atoms with Crippen molar-refractivity contribution in [3.63, 3.8) is 0 Å². The Balaban J connectivity index is 3.06. The Kier molecular flexibility index (Phi) is 8.05. The van der Waals surface area contributed by atoms with Gasteiger partial charge in [0, 0.05) is 31.7 Å². The van der Waals surface area contributed by atoms with E-state index in [2.05, 4.69) is 0 Å². The second-order valence-corrected chi connectivity index (χ2v) is 6.06. The number of aliphatic carboxylic acids is 2. The number of ether oxygens (including phenoxy) is 1. The molecule has 10 heteroatoms. The summed E-state index contributed by atoms with van der Waals surface area (Å²) in [5, 5.41) is 18.2. The van der Waals surface area contributed by atoms with Gasteiger partial charge in [-0.25, -0.2) is 0 Å². The van der Waals surface area contributed by atoms with Gasteiger partial charge in [0.1, 0.15) is 6.73 Å². The van der Waals surface area contributed by atoms with Crippen LogP contribution in [0.4, 0.5) is 0 Å². The van der Waals surface area contributed by atoms with Crippen LogP contribution >= 0.6 is 0 Å². The van der Waals surface area contributed by atoms with Gasteiger partial charge in [0.05, 0.1) is 13.1 Å². The van der Waals surface area contributed by atoms with Crippen molar-refractivity contribution >= 4 is 18.4 Å². The molecule has 0 aromatic rings. The van der Waals surface area contributed by atoms with Crippen molar-refractivity contribution in [2.24, 2.45) is 5.73 Å². The van der Waals surface area contributed by atoms with Crippen molar-refractivity contribution in [3.8, 4) is 0 Å². The average Bonchev–Trinajstić information content (AvgIpc) is 2.65. The van der Waals surface area contributed by atoms with Crippen LogP contribution in [-0.4, -0.2) is 108 Å². The number of nitrogens with zero attached hydrogens (tertiary/aromatic N) is 3. The molecule has 1 atom stereocenters. The predicted molar refractivity (Wildman–Crippen MR) is 84.3 cm³/mol. The van der Waals surface area contributed by atoms with Gasteiger partial charge in [-0.3, -0.25) is 29.1 Å². The Labute approximate surface area is 140 Å². The molecule has 1 saturated heterocycles. The van der Waals surface area contributed by atoms with Gasteiger partial charge in [-0.2, -0.15) is 0 Å². The first-order valence-corrected chi connectivity index (χ1v) is 7.68. The van der Waals surface area contributed by atoms with E-state index in [-0.39, 0.29) is 19.8 Å². The number of hydrogen-bond donors (Lipinski definition) is 3. The molecule has 1 rings (SSSR count). The van der Waals surface area contributed by atoms with E-state index >= 15 is 0 Å². The van der Waals surface area contributed by atoms with Crippen LogP contribution in [0, 0.1) is 0 Å². The highest BCUT2D eigenvalue weighted by Crippen LogP contribution is 2.24. The highest BCUT2D eigenvalue weighted by atomic mass is 16.5. The number of likely N-dealkylation sites (N-methyl/N-ethyl adjacent to an activating group) is 1. The molecule has 1 unspecified atom stereocenters. The minimum Gasteiger partial charge on any atom is -0.480 e. The molecule has 0 spiro atoms. The standard InChI is InChI=1S/C14H26N4O6/c1-16(6-12(20)21)14(2-3-15)8-17(7-13(22)23)4-5-18(9-14)10-24-11-19/h11H,2-10,15H2,1H3,(H,20,21)(H,22,23). The van der Waals surface area contributed by atoms with Crippen molar-refractivity contribution in [3.05, 3.63) is 0 Å². The zero-order chi connectivity index (χ0) is 18.2. The van der Waals surface area contributed by atoms with Crippen LogP contribution in [0.1, 0.15) is 6.42 Å². The van der Waals surface area contributed by atoms with Gasteiger partial charge in [0.15, 0.2) is 0 Å². The number of carbonyl (C=O) groups excluding carboxylic acids is 1. The van der Waals surface area contributed by atoms with Crippen LogP contribution in [-0.2, 0) is 19.1 Å². The third-order valence-electron chi connectivity index (χ3n) is 4.24. The van der Waals surface area contributed by atoms with Gasteiger partial charge in [0.25, 0.3) is 6.47 Å². The summed E-state index contributed by atoms with van der Waals surface area (Å²) in [7, 11) is 1.69. The lowest BCUT2D eigenvalue weighted by molar-refractivity contribution is -0.142. The number of nitrogens with two attached hydrogens (primary N) is 1. The second kappa shape index (κ2) is 9.52. The van der Waals surface area contributed by atoms with E-state index in [1.165, 1.54) is 0 Å². The van der Waals surface area contributed by atoms with Crippen molar-refractivity contribution in [1.82, 2.24) is 14.7 Å². The maximum Gasteiger partial charge on any atom is 0.317 e. The number of rotatable bonds is 10. The summed E-state index contributed by atoms with van der Waals surface area (Å²) < 4.78 is 4.82. The van der Waals surface area contributed by atoms with Gasteiger partial charge in [-0.15, -0.1) is 0 Å². The summed E-state index contributed by atoms with van der Waals surface area (Å²) in [6, 6.07) is 0. The zero-order valence-corrected chi connectivity index (χ0v) is 13.9. The van der Waals surface area contributed by atoms with Gasteiger partial charge in [-0.1, -0.05) is 0 Å². The van der Waals surface area contributed by atoms with Crippen LogP contribution in [0.2, 0.25) is 0 Å². The second-order valence-electron chi connectivity index (χ2n) is 6.06. The molecular formula is C14H26N4O6. The van der Waals surface area contributed by atoms with E-state index in [0.29, 0.717) is 45.6 Å². The maximum atomic E-state index is 11.1. The van der Waals surface area contributed by atoms with Crippen molar-refractivity contribution < 1.29 is 29.3 Å². The summed E-state index contributed by atoms with van der Waals surface area (Å²) in [5.41, 5.74) is 5.09.